The zero-order chi connectivity index (χ0) is 19.8. The third kappa shape index (κ3) is 4.82. The molecule has 0 spiro atoms. The fourth-order valence-corrected chi connectivity index (χ4v) is 4.20. The molecule has 1 N–H and O–H groups in total. The molecule has 0 saturated carbocycles. The van der Waals surface area contributed by atoms with Gasteiger partial charge in [0.05, 0.1) is 6.61 Å². The van der Waals surface area contributed by atoms with E-state index in [1.807, 2.05) is 0 Å². The molecule has 0 saturated heterocycles. The first-order valence-electron chi connectivity index (χ1n) is 9.52. The summed E-state index contributed by atoms with van der Waals surface area (Å²) in [5.41, 5.74) is 15.0. The standard InChI is InChI=1S/C24H28OSi2/c1-26(2,3)11-9-18-7-8-20-16-23-21(17-25)13-19(10-12-27(4,5)6)15-24(23)22(20)14-18/h7-8,13-15,25H,16-17H2,1-6H3. The Morgan fingerprint density at radius 1 is 0.815 bits per heavy atom. The normalized spacial score (nSPS) is 12.4. The van der Waals surface area contributed by atoms with Crippen LogP contribution in [0.1, 0.15) is 27.8 Å². The van der Waals surface area contributed by atoms with E-state index in [9.17, 15) is 5.11 Å². The Kier molecular flexibility index (Phi) is 5.23. The van der Waals surface area contributed by atoms with Crippen molar-refractivity contribution in [2.24, 2.45) is 0 Å². The average Bonchev–Trinajstić information content (AvgIpc) is 2.94. The van der Waals surface area contributed by atoms with E-state index < -0.39 is 16.1 Å². The molecule has 0 atom stereocenters. The summed E-state index contributed by atoms with van der Waals surface area (Å²) < 4.78 is 0. The number of aliphatic hydroxyl groups excluding tert-OH is 1. The van der Waals surface area contributed by atoms with Gasteiger partial charge in [0.2, 0.25) is 0 Å². The van der Waals surface area contributed by atoms with Crippen LogP contribution < -0.4 is 0 Å². The van der Waals surface area contributed by atoms with Crippen molar-refractivity contribution in [3.63, 3.8) is 0 Å². The predicted octanol–water partition coefficient (Wildman–Crippen LogP) is 5.21. The van der Waals surface area contributed by atoms with Crippen LogP contribution in [-0.4, -0.2) is 21.3 Å². The highest BCUT2D eigenvalue weighted by molar-refractivity contribution is 6.84. The lowest BCUT2D eigenvalue weighted by Crippen LogP contribution is -2.16. The Bertz CT molecular complexity index is 1010. The van der Waals surface area contributed by atoms with Gasteiger partial charge in [0.25, 0.3) is 0 Å². The summed E-state index contributed by atoms with van der Waals surface area (Å²) in [7, 11) is -2.84. The van der Waals surface area contributed by atoms with Crippen LogP contribution in [0.2, 0.25) is 39.3 Å². The molecular weight excluding hydrogens is 360 g/mol. The number of hydrogen-bond donors (Lipinski definition) is 1. The quantitative estimate of drug-likeness (QED) is 0.448. The Labute approximate surface area is 165 Å². The smallest absolute Gasteiger partial charge is 0.129 e. The summed E-state index contributed by atoms with van der Waals surface area (Å²) in [6.45, 7) is 13.6. The molecule has 0 amide bonds. The van der Waals surface area contributed by atoms with Gasteiger partial charge in [0, 0.05) is 11.1 Å². The Morgan fingerprint density at radius 2 is 1.41 bits per heavy atom. The van der Waals surface area contributed by atoms with Gasteiger partial charge in [-0.1, -0.05) is 57.2 Å². The molecule has 2 aromatic rings. The van der Waals surface area contributed by atoms with E-state index in [0.717, 1.165) is 23.1 Å². The second-order valence-corrected chi connectivity index (χ2v) is 18.9. The van der Waals surface area contributed by atoms with Crippen molar-refractivity contribution in [2.45, 2.75) is 52.3 Å². The number of aliphatic hydroxyl groups is 1. The van der Waals surface area contributed by atoms with Crippen LogP contribution in [-0.2, 0) is 13.0 Å². The molecule has 0 radical (unpaired) electrons. The molecule has 1 nitrogen and oxygen atoms in total. The minimum atomic E-state index is -1.44. The van der Waals surface area contributed by atoms with Crippen LogP contribution in [0.25, 0.3) is 11.1 Å². The molecule has 27 heavy (non-hydrogen) atoms. The molecule has 0 unspecified atom stereocenters. The van der Waals surface area contributed by atoms with Crippen molar-refractivity contribution in [3.05, 3.63) is 58.1 Å². The van der Waals surface area contributed by atoms with E-state index in [-0.39, 0.29) is 6.61 Å². The van der Waals surface area contributed by atoms with Gasteiger partial charge in [0.15, 0.2) is 0 Å². The molecule has 0 bridgehead atoms. The maximum absolute atomic E-state index is 9.90. The largest absolute Gasteiger partial charge is 0.392 e. The lowest BCUT2D eigenvalue weighted by atomic mass is 9.98. The molecular formula is C24H28OSi2. The topological polar surface area (TPSA) is 20.2 Å². The predicted molar refractivity (Wildman–Crippen MR) is 121 cm³/mol. The Balaban J connectivity index is 2.10. The zero-order valence-corrected chi connectivity index (χ0v) is 19.2. The highest BCUT2D eigenvalue weighted by Crippen LogP contribution is 2.39. The van der Waals surface area contributed by atoms with Gasteiger partial charge in [-0.25, -0.2) is 0 Å². The highest BCUT2D eigenvalue weighted by atomic mass is 28.3. The van der Waals surface area contributed by atoms with E-state index in [1.165, 1.54) is 22.3 Å². The summed E-state index contributed by atoms with van der Waals surface area (Å²) >= 11 is 0. The minimum absolute atomic E-state index is 0.0566. The third-order valence-electron chi connectivity index (χ3n) is 4.44. The van der Waals surface area contributed by atoms with Crippen LogP contribution in [0.4, 0.5) is 0 Å². The average molecular weight is 389 g/mol. The van der Waals surface area contributed by atoms with Gasteiger partial charge in [-0.3, -0.25) is 0 Å². The highest BCUT2D eigenvalue weighted by Gasteiger charge is 2.22. The SMILES string of the molecule is C[Si](C)(C)C#Cc1ccc2c(c1)-c1cc(C#C[Si](C)(C)C)cc(CO)c1C2. The van der Waals surface area contributed by atoms with Crippen molar-refractivity contribution in [3.8, 4) is 34.1 Å². The Hall–Kier alpha value is -2.05. The first-order chi connectivity index (χ1) is 12.6. The van der Waals surface area contributed by atoms with Crippen molar-refractivity contribution >= 4 is 16.1 Å². The summed E-state index contributed by atoms with van der Waals surface area (Å²) in [6, 6.07) is 10.8. The molecule has 138 valence electrons. The molecule has 1 aliphatic carbocycles. The van der Waals surface area contributed by atoms with Crippen molar-refractivity contribution in [1.29, 1.82) is 0 Å². The molecule has 0 aromatic heterocycles. The fourth-order valence-electron chi connectivity index (χ4n) is 3.16. The van der Waals surface area contributed by atoms with E-state index in [2.05, 4.69) is 92.5 Å². The van der Waals surface area contributed by atoms with Gasteiger partial charge in [-0.2, -0.15) is 0 Å². The Morgan fingerprint density at radius 3 is 2.00 bits per heavy atom. The molecule has 2 aromatic carbocycles. The summed E-state index contributed by atoms with van der Waals surface area (Å²) in [4.78, 5) is 0. The van der Waals surface area contributed by atoms with Gasteiger partial charge < -0.3 is 5.11 Å². The molecule has 3 rings (SSSR count). The first kappa shape index (κ1) is 19.7. The number of fused-ring (bicyclic) bond motifs is 3. The lowest BCUT2D eigenvalue weighted by molar-refractivity contribution is 0.281. The fraction of sp³-hybridized carbons (Fsp3) is 0.333. The van der Waals surface area contributed by atoms with E-state index in [1.54, 1.807) is 0 Å². The van der Waals surface area contributed by atoms with Gasteiger partial charge >= 0.3 is 0 Å². The maximum atomic E-state index is 9.90. The van der Waals surface area contributed by atoms with Crippen LogP contribution in [0.3, 0.4) is 0 Å². The molecule has 0 aliphatic heterocycles. The minimum Gasteiger partial charge on any atom is -0.392 e. The molecule has 0 fully saturated rings. The van der Waals surface area contributed by atoms with Crippen LogP contribution in [0, 0.1) is 22.9 Å². The third-order valence-corrected chi connectivity index (χ3v) is 6.19. The monoisotopic (exact) mass is 388 g/mol. The second-order valence-electron chi connectivity index (χ2n) is 9.37. The van der Waals surface area contributed by atoms with E-state index >= 15 is 0 Å². The van der Waals surface area contributed by atoms with E-state index in [4.69, 9.17) is 0 Å². The zero-order valence-electron chi connectivity index (χ0n) is 17.2. The van der Waals surface area contributed by atoms with Crippen LogP contribution >= 0.6 is 0 Å². The summed E-state index contributed by atoms with van der Waals surface area (Å²) in [5.74, 6) is 6.73. The van der Waals surface area contributed by atoms with E-state index in [0.29, 0.717) is 0 Å². The van der Waals surface area contributed by atoms with Crippen molar-refractivity contribution < 1.29 is 5.11 Å². The van der Waals surface area contributed by atoms with Gasteiger partial charge in [0.1, 0.15) is 16.1 Å². The molecule has 1 aliphatic rings. The van der Waals surface area contributed by atoms with Crippen molar-refractivity contribution in [1.82, 2.24) is 0 Å². The lowest BCUT2D eigenvalue weighted by Gasteiger charge is -2.09. The second kappa shape index (κ2) is 7.17. The number of hydrogen-bond acceptors (Lipinski definition) is 1. The first-order valence-corrected chi connectivity index (χ1v) is 16.5. The molecule has 0 heterocycles. The van der Waals surface area contributed by atoms with Crippen LogP contribution in [0.5, 0.6) is 0 Å². The van der Waals surface area contributed by atoms with Crippen molar-refractivity contribution in [2.75, 3.05) is 0 Å². The summed E-state index contributed by atoms with van der Waals surface area (Å²) in [5, 5.41) is 9.90. The summed E-state index contributed by atoms with van der Waals surface area (Å²) in [6.07, 6.45) is 0.879. The number of benzene rings is 2. The maximum Gasteiger partial charge on any atom is 0.129 e. The van der Waals surface area contributed by atoms with Crippen LogP contribution in [0.15, 0.2) is 30.3 Å². The van der Waals surface area contributed by atoms with Gasteiger partial charge in [-0.05, 0) is 58.5 Å². The van der Waals surface area contributed by atoms with Gasteiger partial charge in [-0.15, -0.1) is 11.1 Å². The number of rotatable bonds is 1. The molecule has 3 heteroatoms.